The second kappa shape index (κ2) is 5.49. The molecule has 1 fully saturated rings. The minimum absolute atomic E-state index is 0.00287. The fraction of sp³-hybridized carbons (Fsp3) is 0.462. The molecule has 0 saturated heterocycles. The lowest BCUT2D eigenvalue weighted by atomic mass is 10.2. The highest BCUT2D eigenvalue weighted by molar-refractivity contribution is 7.89. The van der Waals surface area contributed by atoms with Crippen molar-refractivity contribution in [3.8, 4) is 6.07 Å². The first-order valence-electron chi connectivity index (χ1n) is 6.14. The van der Waals surface area contributed by atoms with E-state index in [4.69, 9.17) is 16.9 Å². The van der Waals surface area contributed by atoms with Gasteiger partial charge in [-0.1, -0.05) is 24.4 Å². The van der Waals surface area contributed by atoms with Gasteiger partial charge in [0.05, 0.1) is 5.56 Å². The molecule has 0 amide bonds. The Morgan fingerprint density at radius 1 is 1.37 bits per heavy atom. The van der Waals surface area contributed by atoms with Crippen LogP contribution in [0.3, 0.4) is 0 Å². The molecule has 0 spiro atoms. The van der Waals surface area contributed by atoms with Crippen molar-refractivity contribution in [2.24, 2.45) is 0 Å². The molecule has 1 aromatic carbocycles. The Morgan fingerprint density at radius 3 is 2.58 bits per heavy atom. The van der Waals surface area contributed by atoms with E-state index in [-0.39, 0.29) is 16.5 Å². The summed E-state index contributed by atoms with van der Waals surface area (Å²) in [5.74, 6) is 0. The SMILES string of the molecule is CN(C1CCCC1)S(=O)(=O)c1cc(Cl)ccc1C#N. The van der Waals surface area contributed by atoms with Crippen molar-refractivity contribution in [1.29, 1.82) is 5.26 Å². The van der Waals surface area contributed by atoms with Crippen LogP contribution in [0.25, 0.3) is 0 Å². The minimum atomic E-state index is -3.66. The Morgan fingerprint density at radius 2 is 2.00 bits per heavy atom. The average Bonchev–Trinajstić information content (AvgIpc) is 2.91. The molecule has 0 aliphatic heterocycles. The third-order valence-corrected chi connectivity index (χ3v) is 5.75. The first kappa shape index (κ1) is 14.3. The second-order valence-corrected chi connectivity index (χ2v) is 7.11. The van der Waals surface area contributed by atoms with Gasteiger partial charge in [-0.05, 0) is 31.0 Å². The van der Waals surface area contributed by atoms with Crippen molar-refractivity contribution >= 4 is 21.6 Å². The molecule has 0 unspecified atom stereocenters. The summed E-state index contributed by atoms with van der Waals surface area (Å²) in [5.41, 5.74) is 0.134. The molecule has 2 rings (SSSR count). The van der Waals surface area contributed by atoms with E-state index >= 15 is 0 Å². The Hall–Kier alpha value is -1.09. The number of sulfonamides is 1. The van der Waals surface area contributed by atoms with E-state index in [1.165, 1.54) is 22.5 Å². The third kappa shape index (κ3) is 2.76. The molecule has 0 atom stereocenters. The third-order valence-electron chi connectivity index (χ3n) is 3.56. The van der Waals surface area contributed by atoms with Crippen LogP contribution < -0.4 is 0 Å². The molecule has 4 nitrogen and oxygen atoms in total. The number of hydrogen-bond acceptors (Lipinski definition) is 3. The zero-order valence-electron chi connectivity index (χ0n) is 10.6. The predicted molar refractivity (Wildman–Crippen MR) is 73.4 cm³/mol. The molecule has 102 valence electrons. The maximum absolute atomic E-state index is 12.6. The van der Waals surface area contributed by atoms with Gasteiger partial charge in [0, 0.05) is 18.1 Å². The van der Waals surface area contributed by atoms with Crippen LogP contribution in [-0.4, -0.2) is 25.8 Å². The standard InChI is InChI=1S/C13H15ClN2O2S/c1-16(12-4-2-3-5-12)19(17,18)13-8-11(14)7-6-10(13)9-15/h6-8,12H,2-5H2,1H3. The van der Waals surface area contributed by atoms with E-state index in [0.29, 0.717) is 5.02 Å². The van der Waals surface area contributed by atoms with E-state index in [1.807, 2.05) is 6.07 Å². The van der Waals surface area contributed by atoms with Crippen molar-refractivity contribution in [2.45, 2.75) is 36.6 Å². The van der Waals surface area contributed by atoms with Gasteiger partial charge < -0.3 is 0 Å². The van der Waals surface area contributed by atoms with Crippen LogP contribution in [0.2, 0.25) is 5.02 Å². The quantitative estimate of drug-likeness (QED) is 0.862. The van der Waals surface area contributed by atoms with Crippen molar-refractivity contribution in [1.82, 2.24) is 4.31 Å². The number of rotatable bonds is 3. The van der Waals surface area contributed by atoms with Crippen LogP contribution in [0.4, 0.5) is 0 Å². The molecule has 1 saturated carbocycles. The number of nitriles is 1. The average molecular weight is 299 g/mol. The summed E-state index contributed by atoms with van der Waals surface area (Å²) in [4.78, 5) is -0.00287. The summed E-state index contributed by atoms with van der Waals surface area (Å²) >= 11 is 5.85. The summed E-state index contributed by atoms with van der Waals surface area (Å²) in [7, 11) is -2.08. The zero-order chi connectivity index (χ0) is 14.0. The lowest BCUT2D eigenvalue weighted by molar-refractivity contribution is 0.373. The largest absolute Gasteiger partial charge is 0.244 e. The molecule has 1 aliphatic carbocycles. The number of nitrogens with zero attached hydrogens (tertiary/aromatic N) is 2. The molecule has 0 N–H and O–H groups in total. The molecular formula is C13H15ClN2O2S. The molecule has 19 heavy (non-hydrogen) atoms. The topological polar surface area (TPSA) is 61.2 Å². The van der Waals surface area contributed by atoms with Gasteiger partial charge in [0.15, 0.2) is 0 Å². The van der Waals surface area contributed by atoms with Crippen molar-refractivity contribution in [2.75, 3.05) is 7.05 Å². The van der Waals surface area contributed by atoms with E-state index in [9.17, 15) is 8.42 Å². The fourth-order valence-electron chi connectivity index (χ4n) is 2.42. The monoisotopic (exact) mass is 298 g/mol. The van der Waals surface area contributed by atoms with E-state index in [0.717, 1.165) is 25.7 Å². The van der Waals surface area contributed by atoms with Gasteiger partial charge in [-0.2, -0.15) is 9.57 Å². The van der Waals surface area contributed by atoms with Gasteiger partial charge >= 0.3 is 0 Å². The van der Waals surface area contributed by atoms with Crippen LogP contribution in [0, 0.1) is 11.3 Å². The molecule has 0 aromatic heterocycles. The van der Waals surface area contributed by atoms with Gasteiger partial charge in [0.25, 0.3) is 0 Å². The smallest absolute Gasteiger partial charge is 0.207 e. The summed E-state index contributed by atoms with van der Waals surface area (Å²) in [6, 6.07) is 6.25. The lowest BCUT2D eigenvalue weighted by Gasteiger charge is -2.24. The molecule has 0 heterocycles. The first-order valence-corrected chi connectivity index (χ1v) is 7.96. The highest BCUT2D eigenvalue weighted by Crippen LogP contribution is 2.29. The highest BCUT2D eigenvalue weighted by atomic mass is 35.5. The van der Waals surface area contributed by atoms with E-state index < -0.39 is 10.0 Å². The highest BCUT2D eigenvalue weighted by Gasteiger charge is 2.31. The van der Waals surface area contributed by atoms with Gasteiger partial charge in [0.1, 0.15) is 11.0 Å². The Labute approximate surface area is 118 Å². The molecule has 1 aliphatic rings. The fourth-order valence-corrected chi connectivity index (χ4v) is 4.24. The minimum Gasteiger partial charge on any atom is -0.207 e. The van der Waals surface area contributed by atoms with Gasteiger partial charge in [0.2, 0.25) is 10.0 Å². The first-order chi connectivity index (χ1) is 8.96. The van der Waals surface area contributed by atoms with Crippen LogP contribution in [0.1, 0.15) is 31.2 Å². The van der Waals surface area contributed by atoms with Gasteiger partial charge in [-0.3, -0.25) is 0 Å². The van der Waals surface area contributed by atoms with Crippen LogP contribution in [0.5, 0.6) is 0 Å². The molecule has 1 aromatic rings. The molecular weight excluding hydrogens is 284 g/mol. The Balaban J connectivity index is 2.44. The van der Waals surface area contributed by atoms with Gasteiger partial charge in [-0.15, -0.1) is 0 Å². The van der Waals surface area contributed by atoms with Crippen LogP contribution in [-0.2, 0) is 10.0 Å². The maximum atomic E-state index is 12.6. The number of hydrogen-bond donors (Lipinski definition) is 0. The molecule has 0 bridgehead atoms. The summed E-state index contributed by atoms with van der Waals surface area (Å²) in [5, 5.41) is 9.36. The summed E-state index contributed by atoms with van der Waals surface area (Å²) in [6.45, 7) is 0. The van der Waals surface area contributed by atoms with E-state index in [1.54, 1.807) is 7.05 Å². The van der Waals surface area contributed by atoms with E-state index in [2.05, 4.69) is 0 Å². The van der Waals surface area contributed by atoms with Crippen molar-refractivity contribution in [3.63, 3.8) is 0 Å². The maximum Gasteiger partial charge on any atom is 0.244 e. The second-order valence-electron chi connectivity index (χ2n) is 4.71. The van der Waals surface area contributed by atoms with Gasteiger partial charge in [-0.25, -0.2) is 8.42 Å². The Kier molecular flexibility index (Phi) is 4.14. The van der Waals surface area contributed by atoms with Crippen LogP contribution in [0.15, 0.2) is 23.1 Å². The summed E-state index contributed by atoms with van der Waals surface area (Å²) < 4.78 is 26.5. The molecule has 6 heteroatoms. The normalized spacial score (nSPS) is 16.7. The van der Waals surface area contributed by atoms with Crippen molar-refractivity contribution in [3.05, 3.63) is 28.8 Å². The van der Waals surface area contributed by atoms with Crippen molar-refractivity contribution < 1.29 is 8.42 Å². The zero-order valence-corrected chi connectivity index (χ0v) is 12.2. The Bertz CT molecular complexity index is 616. The molecule has 0 radical (unpaired) electrons. The predicted octanol–water partition coefficient (Wildman–Crippen LogP) is 2.77. The lowest BCUT2D eigenvalue weighted by Crippen LogP contribution is -2.35. The number of benzene rings is 1. The van der Waals surface area contributed by atoms with Crippen LogP contribution >= 0.6 is 11.6 Å². The number of halogens is 1. The summed E-state index contributed by atoms with van der Waals surface area (Å²) in [6.07, 6.45) is 3.84.